The molecule has 0 spiro atoms. The van der Waals surface area contributed by atoms with Crippen molar-refractivity contribution in [2.75, 3.05) is 31.2 Å². The third-order valence-corrected chi connectivity index (χ3v) is 14.9. The van der Waals surface area contributed by atoms with Crippen LogP contribution in [0.15, 0.2) is 52.7 Å². The van der Waals surface area contributed by atoms with E-state index in [-0.39, 0.29) is 27.8 Å². The first kappa shape index (κ1) is 38.8. The molecule has 1 atom stereocenters. The van der Waals surface area contributed by atoms with Crippen molar-refractivity contribution in [2.45, 2.75) is 98.4 Å². The van der Waals surface area contributed by atoms with Crippen LogP contribution in [0.4, 0.5) is 22.7 Å². The average Bonchev–Trinajstić information content (AvgIpc) is 3.17. The molecule has 0 amide bonds. The fourth-order valence-corrected chi connectivity index (χ4v) is 11.9. The SMILES string of the molecule is CCN(CCCOP(OCCC#N)N(C(C)C)C(C)C)c1ccc(N=Nc2ccc([N+](=O)[O-])cc2[As]2(=O)OC(C)(C)C(C)(C)O2)cc1. The Balaban J connectivity index is 1.71. The summed E-state index contributed by atoms with van der Waals surface area (Å²) in [5.74, 6) is 0. The van der Waals surface area contributed by atoms with Crippen molar-refractivity contribution in [3.8, 4) is 6.07 Å². The van der Waals surface area contributed by atoms with Gasteiger partial charge >= 0.3 is 197 Å². The average molecular weight is 735 g/mol. The van der Waals surface area contributed by atoms with Gasteiger partial charge in [0.25, 0.3) is 8.53 Å². The van der Waals surface area contributed by atoms with Crippen LogP contribution in [0.25, 0.3) is 0 Å². The summed E-state index contributed by atoms with van der Waals surface area (Å²) in [5, 5.41) is 29.1. The summed E-state index contributed by atoms with van der Waals surface area (Å²) in [5.41, 5.74) is -0.253. The second kappa shape index (κ2) is 16.6. The molecule has 258 valence electrons. The first-order valence-corrected chi connectivity index (χ1v) is 20.2. The van der Waals surface area contributed by atoms with Crippen molar-refractivity contribution in [3.63, 3.8) is 0 Å². The molecule has 1 unspecified atom stereocenters. The van der Waals surface area contributed by atoms with Gasteiger partial charge in [-0.2, -0.15) is 5.26 Å². The van der Waals surface area contributed by atoms with E-state index in [0.29, 0.717) is 25.3 Å². The number of nitriles is 1. The maximum absolute atomic E-state index is 14.0. The minimum absolute atomic E-state index is 0.0553. The Morgan fingerprint density at radius 2 is 1.60 bits per heavy atom. The maximum atomic E-state index is 14.0. The fourth-order valence-electron chi connectivity index (χ4n) is 4.89. The van der Waals surface area contributed by atoms with Crippen molar-refractivity contribution in [2.24, 2.45) is 10.2 Å². The van der Waals surface area contributed by atoms with Gasteiger partial charge in [0.15, 0.2) is 0 Å². The van der Waals surface area contributed by atoms with Crippen LogP contribution in [0, 0.1) is 21.4 Å². The Morgan fingerprint density at radius 1 is 1.00 bits per heavy atom. The van der Waals surface area contributed by atoms with Gasteiger partial charge in [0.05, 0.1) is 19.1 Å². The second-order valence-corrected chi connectivity index (χ2v) is 18.0. The van der Waals surface area contributed by atoms with Crippen molar-refractivity contribution >= 4 is 49.8 Å². The van der Waals surface area contributed by atoms with E-state index in [1.165, 1.54) is 18.2 Å². The molecule has 0 bridgehead atoms. The number of rotatable bonds is 17. The first-order valence-electron chi connectivity index (χ1n) is 15.8. The van der Waals surface area contributed by atoms with E-state index in [1.807, 2.05) is 24.3 Å². The molecule has 1 fully saturated rings. The summed E-state index contributed by atoms with van der Waals surface area (Å²) in [4.78, 5) is 13.2. The molecule has 1 heterocycles. The molecule has 1 aliphatic rings. The van der Waals surface area contributed by atoms with Crippen LogP contribution in [0.5, 0.6) is 0 Å². The van der Waals surface area contributed by atoms with Gasteiger partial charge in [-0.3, -0.25) is 0 Å². The number of nitrogens with zero attached hydrogens (tertiary/aromatic N) is 6. The number of benzene rings is 2. The molecule has 0 saturated carbocycles. The summed E-state index contributed by atoms with van der Waals surface area (Å²) in [6, 6.07) is 14.1. The second-order valence-electron chi connectivity index (χ2n) is 12.7. The molecule has 13 nitrogen and oxygen atoms in total. The molecule has 0 aromatic heterocycles. The molecule has 2 aromatic rings. The van der Waals surface area contributed by atoms with Gasteiger partial charge in [-0.05, 0) is 27.7 Å². The van der Waals surface area contributed by atoms with Crippen LogP contribution < -0.4 is 9.25 Å². The molecule has 1 saturated heterocycles. The van der Waals surface area contributed by atoms with Gasteiger partial charge in [-0.1, -0.05) is 0 Å². The molecule has 3 rings (SSSR count). The van der Waals surface area contributed by atoms with E-state index < -0.39 is 38.8 Å². The third-order valence-electron chi connectivity index (χ3n) is 7.92. The van der Waals surface area contributed by atoms with Crippen LogP contribution in [-0.2, 0) is 20.2 Å². The van der Waals surface area contributed by atoms with Gasteiger partial charge in [0.2, 0.25) is 0 Å². The Morgan fingerprint density at radius 3 is 2.13 bits per heavy atom. The van der Waals surface area contributed by atoms with Crippen molar-refractivity contribution in [1.82, 2.24) is 4.67 Å². The summed E-state index contributed by atoms with van der Waals surface area (Å²) < 4.78 is 40.4. The molecule has 0 radical (unpaired) electrons. The number of hydrogen-bond acceptors (Lipinski definition) is 12. The summed E-state index contributed by atoms with van der Waals surface area (Å²) >= 11 is -4.75. The zero-order valence-corrected chi connectivity index (χ0v) is 31.6. The van der Waals surface area contributed by atoms with E-state index in [4.69, 9.17) is 21.8 Å². The quantitative estimate of drug-likeness (QED) is 0.0395. The molecule has 47 heavy (non-hydrogen) atoms. The van der Waals surface area contributed by atoms with Gasteiger partial charge < -0.3 is 9.05 Å². The van der Waals surface area contributed by atoms with Crippen LogP contribution in [0.2, 0.25) is 0 Å². The van der Waals surface area contributed by atoms with Crippen LogP contribution in [0.3, 0.4) is 0 Å². The number of anilines is 1. The van der Waals surface area contributed by atoms with Crippen molar-refractivity contribution in [3.05, 3.63) is 52.6 Å². The number of non-ortho nitro benzene ring substituents is 1. The number of azo groups is 1. The molecular weight excluding hydrogens is 686 g/mol. The Hall–Kier alpha value is -2.68. The normalized spacial score (nSPS) is 17.4. The molecular formula is C32H48AsN6O7P. The van der Waals surface area contributed by atoms with Crippen molar-refractivity contribution < 1.29 is 25.2 Å². The van der Waals surface area contributed by atoms with Crippen LogP contribution >= 0.6 is 8.53 Å². The summed E-state index contributed by atoms with van der Waals surface area (Å²) in [6.07, 6.45) is 1.10. The number of hydrogen-bond donors (Lipinski definition) is 0. The molecule has 1 aliphatic heterocycles. The minimum atomic E-state index is -4.75. The Labute approximate surface area is 282 Å². The number of nitro benzene ring substituents is 1. The van der Waals surface area contributed by atoms with Gasteiger partial charge in [0, 0.05) is 12.1 Å². The fraction of sp³-hybridized carbons (Fsp3) is 0.594. The zero-order chi connectivity index (χ0) is 35.0. The molecule has 2 aromatic carbocycles. The van der Waals surface area contributed by atoms with Gasteiger partial charge in [-0.25, -0.2) is 4.67 Å². The topological polar surface area (TPSA) is 152 Å². The predicted octanol–water partition coefficient (Wildman–Crippen LogP) is 7.70. The molecule has 0 aliphatic carbocycles. The first-order chi connectivity index (χ1) is 22.0. The van der Waals surface area contributed by atoms with Gasteiger partial charge in [0.1, 0.15) is 0 Å². The third kappa shape index (κ3) is 9.93. The Bertz CT molecular complexity index is 1450. The Kier molecular flexibility index (Phi) is 13.7. The predicted molar refractivity (Wildman–Crippen MR) is 184 cm³/mol. The van der Waals surface area contributed by atoms with E-state index in [0.717, 1.165) is 25.2 Å². The van der Waals surface area contributed by atoms with Gasteiger partial charge in [-0.15, -0.1) is 0 Å². The van der Waals surface area contributed by atoms with E-state index in [2.05, 4.69) is 60.5 Å². The van der Waals surface area contributed by atoms with Crippen LogP contribution in [0.1, 0.15) is 75.2 Å². The zero-order valence-electron chi connectivity index (χ0n) is 28.9. The van der Waals surface area contributed by atoms with Crippen molar-refractivity contribution in [1.29, 1.82) is 5.26 Å². The van der Waals surface area contributed by atoms with Crippen LogP contribution in [-0.4, -0.2) is 73.4 Å². The molecule has 15 heteroatoms. The van der Waals surface area contributed by atoms with E-state index in [9.17, 15) is 13.9 Å². The number of nitro groups is 1. The summed E-state index contributed by atoms with van der Waals surface area (Å²) in [6.45, 7) is 20.0. The monoisotopic (exact) mass is 734 g/mol. The standard InChI is InChI=1S/C32H48AsN6O7P/c1-10-37(20-12-22-44-47(43-21-11-19-34)38(24(2)3)25(4)5)27-15-13-26(14-16-27)35-36-30-18-17-28(39(41)42)23-29(30)33(40)45-31(6,7)32(8,9)46-33/h13-18,23-25H,10-12,20-22H2,1-9H3. The molecule has 0 N–H and O–H groups in total. The van der Waals surface area contributed by atoms with E-state index in [1.54, 1.807) is 27.7 Å². The van der Waals surface area contributed by atoms with E-state index >= 15 is 0 Å². The summed E-state index contributed by atoms with van der Waals surface area (Å²) in [7, 11) is -1.28.